The van der Waals surface area contributed by atoms with Crippen molar-refractivity contribution in [2.75, 3.05) is 11.5 Å². The number of rotatable bonds is 8. The van der Waals surface area contributed by atoms with Crippen LogP contribution in [0, 0.1) is 0 Å². The van der Waals surface area contributed by atoms with E-state index < -0.39 is 11.9 Å². The van der Waals surface area contributed by atoms with E-state index in [4.69, 9.17) is 9.15 Å². The van der Waals surface area contributed by atoms with Gasteiger partial charge in [-0.3, -0.25) is 19.5 Å². The number of hydrogen-bond acceptors (Lipinski definition) is 5. The average Bonchev–Trinajstić information content (AvgIpc) is 3.53. The molecular formula is C25H27N3O4. The summed E-state index contributed by atoms with van der Waals surface area (Å²) in [4.78, 5) is 32.8. The van der Waals surface area contributed by atoms with Crippen molar-refractivity contribution >= 4 is 17.5 Å². The number of amides is 2. The third kappa shape index (κ3) is 4.82. The van der Waals surface area contributed by atoms with Gasteiger partial charge in [0.15, 0.2) is 5.76 Å². The van der Waals surface area contributed by atoms with Gasteiger partial charge in [0.1, 0.15) is 11.8 Å². The fourth-order valence-corrected chi connectivity index (χ4v) is 4.08. The van der Waals surface area contributed by atoms with Crippen LogP contribution in [-0.2, 0) is 4.79 Å². The zero-order chi connectivity index (χ0) is 22.3. The molecule has 7 heteroatoms. The van der Waals surface area contributed by atoms with Crippen molar-refractivity contribution in [3.8, 4) is 5.75 Å². The van der Waals surface area contributed by atoms with E-state index in [1.807, 2.05) is 13.0 Å². The number of aromatic nitrogens is 1. The summed E-state index contributed by atoms with van der Waals surface area (Å²) in [5.74, 6) is 0.199. The van der Waals surface area contributed by atoms with Gasteiger partial charge in [0.05, 0.1) is 12.9 Å². The summed E-state index contributed by atoms with van der Waals surface area (Å²) in [5, 5.41) is 3.14. The van der Waals surface area contributed by atoms with Gasteiger partial charge in [-0.05, 0) is 62.2 Å². The molecule has 1 N–H and O–H groups in total. The summed E-state index contributed by atoms with van der Waals surface area (Å²) < 4.78 is 10.9. The molecule has 0 spiro atoms. The summed E-state index contributed by atoms with van der Waals surface area (Å²) in [6.07, 6.45) is 8.79. The molecule has 2 aromatic heterocycles. The molecule has 32 heavy (non-hydrogen) atoms. The molecule has 0 radical (unpaired) electrons. The topological polar surface area (TPSA) is 84.7 Å². The highest BCUT2D eigenvalue weighted by molar-refractivity contribution is 6.08. The molecule has 3 aromatic rings. The lowest BCUT2D eigenvalue weighted by atomic mass is 10.0. The first-order valence-corrected chi connectivity index (χ1v) is 11.0. The number of carbonyl (C=O) groups excluding carboxylic acids is 2. The number of furan rings is 1. The number of carbonyl (C=O) groups is 2. The second-order valence-corrected chi connectivity index (χ2v) is 7.76. The van der Waals surface area contributed by atoms with Crippen LogP contribution in [0.1, 0.15) is 54.8 Å². The Kier molecular flexibility index (Phi) is 6.84. The first-order valence-electron chi connectivity index (χ1n) is 11.0. The van der Waals surface area contributed by atoms with Gasteiger partial charge in [-0.25, -0.2) is 0 Å². The number of benzene rings is 1. The molecule has 2 amide bonds. The van der Waals surface area contributed by atoms with Crippen LogP contribution in [0.3, 0.4) is 0 Å². The Labute approximate surface area is 187 Å². The van der Waals surface area contributed by atoms with Crippen molar-refractivity contribution in [1.29, 1.82) is 0 Å². The van der Waals surface area contributed by atoms with Gasteiger partial charge in [0.2, 0.25) is 5.91 Å². The van der Waals surface area contributed by atoms with E-state index >= 15 is 0 Å². The number of nitrogens with zero attached hydrogens (tertiary/aromatic N) is 2. The molecule has 1 aromatic carbocycles. The second-order valence-electron chi connectivity index (χ2n) is 7.76. The molecule has 0 saturated heterocycles. The lowest BCUT2D eigenvalue weighted by molar-refractivity contribution is -0.123. The fourth-order valence-electron chi connectivity index (χ4n) is 4.08. The largest absolute Gasteiger partial charge is 0.494 e. The van der Waals surface area contributed by atoms with Gasteiger partial charge < -0.3 is 14.5 Å². The molecule has 1 unspecified atom stereocenters. The third-order valence-electron chi connectivity index (χ3n) is 5.58. The van der Waals surface area contributed by atoms with Crippen LogP contribution >= 0.6 is 0 Å². The molecule has 0 aliphatic heterocycles. The maximum atomic E-state index is 13.6. The molecule has 7 nitrogen and oxygen atoms in total. The van der Waals surface area contributed by atoms with Crippen LogP contribution in [0.2, 0.25) is 0 Å². The van der Waals surface area contributed by atoms with E-state index in [-0.39, 0.29) is 17.7 Å². The normalized spacial score (nSPS) is 14.7. The Bertz CT molecular complexity index is 1010. The summed E-state index contributed by atoms with van der Waals surface area (Å²) in [6, 6.07) is 13.2. The van der Waals surface area contributed by atoms with Crippen LogP contribution in [0.4, 0.5) is 5.69 Å². The first-order chi connectivity index (χ1) is 15.7. The zero-order valence-electron chi connectivity index (χ0n) is 18.1. The van der Waals surface area contributed by atoms with E-state index in [2.05, 4.69) is 10.3 Å². The Morgan fingerprint density at radius 1 is 1.16 bits per heavy atom. The van der Waals surface area contributed by atoms with Gasteiger partial charge in [-0.15, -0.1) is 0 Å². The molecular weight excluding hydrogens is 406 g/mol. The predicted molar refractivity (Wildman–Crippen MR) is 121 cm³/mol. The highest BCUT2D eigenvalue weighted by Gasteiger charge is 2.35. The van der Waals surface area contributed by atoms with Crippen LogP contribution in [0.5, 0.6) is 5.75 Å². The van der Waals surface area contributed by atoms with Crippen LogP contribution in [-0.4, -0.2) is 29.4 Å². The number of anilines is 1. The maximum Gasteiger partial charge on any atom is 0.294 e. The molecule has 1 aliphatic rings. The summed E-state index contributed by atoms with van der Waals surface area (Å²) in [6.45, 7) is 2.45. The van der Waals surface area contributed by atoms with Crippen LogP contribution in [0.25, 0.3) is 0 Å². The van der Waals surface area contributed by atoms with E-state index in [0.717, 1.165) is 25.7 Å². The fraction of sp³-hybridized carbons (Fsp3) is 0.320. The number of ether oxygens (including phenoxy) is 1. The Balaban J connectivity index is 1.76. The first kappa shape index (κ1) is 21.6. The van der Waals surface area contributed by atoms with Crippen molar-refractivity contribution in [2.45, 2.75) is 44.7 Å². The maximum absolute atomic E-state index is 13.6. The lowest BCUT2D eigenvalue weighted by Gasteiger charge is -2.31. The average molecular weight is 434 g/mol. The molecule has 0 bridgehead atoms. The molecule has 4 rings (SSSR count). The number of nitrogens with one attached hydrogen (secondary N) is 1. The number of hydrogen-bond donors (Lipinski definition) is 1. The smallest absolute Gasteiger partial charge is 0.294 e. The van der Waals surface area contributed by atoms with E-state index in [0.29, 0.717) is 23.6 Å². The molecule has 1 fully saturated rings. The van der Waals surface area contributed by atoms with E-state index in [1.165, 1.54) is 11.2 Å². The van der Waals surface area contributed by atoms with Gasteiger partial charge in [-0.2, -0.15) is 0 Å². The molecule has 166 valence electrons. The molecule has 1 saturated carbocycles. The highest BCUT2D eigenvalue weighted by atomic mass is 16.5. The minimum Gasteiger partial charge on any atom is -0.494 e. The molecule has 1 aliphatic carbocycles. The summed E-state index contributed by atoms with van der Waals surface area (Å²) in [5.41, 5.74) is 1.18. The van der Waals surface area contributed by atoms with Gasteiger partial charge in [-0.1, -0.05) is 18.9 Å². The van der Waals surface area contributed by atoms with Crippen LogP contribution in [0.15, 0.2) is 71.6 Å². The quantitative estimate of drug-likeness (QED) is 0.565. The Hall–Kier alpha value is -3.61. The van der Waals surface area contributed by atoms with Crippen molar-refractivity contribution in [3.05, 3.63) is 78.5 Å². The zero-order valence-corrected chi connectivity index (χ0v) is 18.1. The number of pyridine rings is 1. The van der Waals surface area contributed by atoms with Crippen molar-refractivity contribution in [3.63, 3.8) is 0 Å². The van der Waals surface area contributed by atoms with Crippen molar-refractivity contribution in [1.82, 2.24) is 10.3 Å². The minimum absolute atomic E-state index is 0.113. The lowest BCUT2D eigenvalue weighted by Crippen LogP contribution is -2.46. The van der Waals surface area contributed by atoms with E-state index in [9.17, 15) is 9.59 Å². The Morgan fingerprint density at radius 3 is 2.56 bits per heavy atom. The van der Waals surface area contributed by atoms with Gasteiger partial charge in [0.25, 0.3) is 5.91 Å². The van der Waals surface area contributed by atoms with Crippen LogP contribution < -0.4 is 15.0 Å². The second kappa shape index (κ2) is 10.1. The van der Waals surface area contributed by atoms with Crippen molar-refractivity contribution in [2.24, 2.45) is 0 Å². The van der Waals surface area contributed by atoms with Crippen molar-refractivity contribution < 1.29 is 18.7 Å². The minimum atomic E-state index is -0.903. The SMILES string of the molecule is CCOc1ccc(N(C(=O)c2ccco2)C(C(=O)NC2CCCC2)c2cccnc2)cc1. The Morgan fingerprint density at radius 2 is 1.94 bits per heavy atom. The molecule has 1 atom stereocenters. The monoisotopic (exact) mass is 433 g/mol. The van der Waals surface area contributed by atoms with E-state index in [1.54, 1.807) is 54.9 Å². The molecule has 2 heterocycles. The third-order valence-corrected chi connectivity index (χ3v) is 5.58. The summed E-state index contributed by atoms with van der Waals surface area (Å²) >= 11 is 0. The predicted octanol–water partition coefficient (Wildman–Crippen LogP) is 4.52. The highest BCUT2D eigenvalue weighted by Crippen LogP contribution is 2.31. The van der Waals surface area contributed by atoms with Gasteiger partial charge in [0, 0.05) is 29.7 Å². The van der Waals surface area contributed by atoms with Gasteiger partial charge >= 0.3 is 0 Å². The standard InChI is InChI=1S/C25H27N3O4/c1-2-31-21-13-11-20(12-14-21)28(25(30)22-10-6-16-32-22)23(18-7-5-15-26-17-18)24(29)27-19-8-3-4-9-19/h5-7,10-17,19,23H,2-4,8-9H2,1H3,(H,27,29). The summed E-state index contributed by atoms with van der Waals surface area (Å²) in [7, 11) is 0.